The normalized spacial score (nSPS) is 10.7. The molecular weight excluding hydrogens is 366 g/mol. The van der Waals surface area contributed by atoms with Gasteiger partial charge in [0.25, 0.3) is 5.91 Å². The van der Waals surface area contributed by atoms with Crippen LogP contribution in [0.2, 0.25) is 5.02 Å². The van der Waals surface area contributed by atoms with E-state index in [0.717, 1.165) is 22.2 Å². The van der Waals surface area contributed by atoms with E-state index < -0.39 is 17.5 Å². The predicted octanol–water partition coefficient (Wildman–Crippen LogP) is 5.23. The van der Waals surface area contributed by atoms with E-state index in [4.69, 9.17) is 11.6 Å². The average molecular weight is 379 g/mol. The summed E-state index contributed by atoms with van der Waals surface area (Å²) < 4.78 is 26.9. The fourth-order valence-electron chi connectivity index (χ4n) is 2.30. The summed E-state index contributed by atoms with van der Waals surface area (Å²) in [6, 6.07) is 10.9. The van der Waals surface area contributed by atoms with Crippen molar-refractivity contribution in [3.05, 3.63) is 80.8 Å². The molecule has 0 saturated heterocycles. The van der Waals surface area contributed by atoms with Gasteiger partial charge in [-0.3, -0.25) is 10.1 Å². The third kappa shape index (κ3) is 3.86. The zero-order valence-electron chi connectivity index (χ0n) is 13.1. The number of carbonyl (C=O) groups excluding carboxylic acids is 1. The van der Waals surface area contributed by atoms with Gasteiger partial charge in [-0.1, -0.05) is 35.9 Å². The first-order valence-electron chi connectivity index (χ1n) is 7.41. The number of hydrogen-bond donors (Lipinski definition) is 1. The maximum Gasteiger partial charge on any atom is 0.260 e. The van der Waals surface area contributed by atoms with E-state index in [1.54, 1.807) is 0 Å². The van der Waals surface area contributed by atoms with E-state index in [1.807, 2.05) is 31.2 Å². The van der Waals surface area contributed by atoms with Gasteiger partial charge >= 0.3 is 0 Å². The highest BCUT2D eigenvalue weighted by Gasteiger charge is 2.17. The molecular formula is C18H13ClF2N2OS. The summed E-state index contributed by atoms with van der Waals surface area (Å²) in [7, 11) is 0. The van der Waals surface area contributed by atoms with E-state index in [2.05, 4.69) is 10.3 Å². The molecule has 1 amide bonds. The van der Waals surface area contributed by atoms with E-state index in [9.17, 15) is 13.6 Å². The molecule has 3 rings (SSSR count). The Balaban J connectivity index is 1.80. The Hall–Kier alpha value is -2.31. The Kier molecular flexibility index (Phi) is 5.11. The van der Waals surface area contributed by atoms with Crippen LogP contribution in [0.3, 0.4) is 0 Å². The van der Waals surface area contributed by atoms with Crippen LogP contribution in [-0.4, -0.2) is 10.9 Å². The number of amides is 1. The summed E-state index contributed by atoms with van der Waals surface area (Å²) in [5.41, 5.74) is 1.34. The zero-order valence-corrected chi connectivity index (χ0v) is 14.7. The van der Waals surface area contributed by atoms with Crippen molar-refractivity contribution in [1.82, 2.24) is 4.98 Å². The number of aryl methyl sites for hydroxylation is 1. The summed E-state index contributed by atoms with van der Waals surface area (Å²) in [6.45, 7) is 1.82. The first-order chi connectivity index (χ1) is 12.0. The highest BCUT2D eigenvalue weighted by atomic mass is 35.5. The molecule has 0 spiro atoms. The van der Waals surface area contributed by atoms with Gasteiger partial charge in [0.2, 0.25) is 0 Å². The quantitative estimate of drug-likeness (QED) is 0.675. The van der Waals surface area contributed by atoms with Gasteiger partial charge < -0.3 is 0 Å². The minimum absolute atomic E-state index is 0.327. The number of carbonyl (C=O) groups is 1. The topological polar surface area (TPSA) is 42.0 Å². The minimum Gasteiger partial charge on any atom is -0.298 e. The van der Waals surface area contributed by atoms with Crippen molar-refractivity contribution in [2.45, 2.75) is 13.3 Å². The van der Waals surface area contributed by atoms with Gasteiger partial charge in [-0.25, -0.2) is 13.8 Å². The largest absolute Gasteiger partial charge is 0.298 e. The Bertz CT molecular complexity index is 943. The van der Waals surface area contributed by atoms with Gasteiger partial charge in [0, 0.05) is 16.3 Å². The zero-order chi connectivity index (χ0) is 18.0. The fraction of sp³-hybridized carbons (Fsp3) is 0.111. The molecule has 1 aromatic heterocycles. The molecule has 1 heterocycles. The third-order valence-corrected chi connectivity index (χ3v) is 5.06. The number of nitrogens with zero attached hydrogens (tertiary/aromatic N) is 1. The number of nitrogens with one attached hydrogen (secondary N) is 1. The van der Waals surface area contributed by atoms with Gasteiger partial charge in [0.1, 0.15) is 0 Å². The lowest BCUT2D eigenvalue weighted by atomic mass is 10.1. The van der Waals surface area contributed by atoms with Crippen molar-refractivity contribution in [2.24, 2.45) is 0 Å². The van der Waals surface area contributed by atoms with E-state index in [0.29, 0.717) is 16.6 Å². The van der Waals surface area contributed by atoms with Crippen molar-refractivity contribution in [3.63, 3.8) is 0 Å². The second kappa shape index (κ2) is 7.29. The second-order valence-electron chi connectivity index (χ2n) is 5.35. The van der Waals surface area contributed by atoms with Gasteiger partial charge in [-0.05, 0) is 30.7 Å². The maximum absolute atomic E-state index is 13.7. The van der Waals surface area contributed by atoms with Crippen LogP contribution in [0, 0.1) is 18.6 Å². The average Bonchev–Trinajstić information content (AvgIpc) is 2.91. The summed E-state index contributed by atoms with van der Waals surface area (Å²) in [4.78, 5) is 17.4. The molecule has 2 aromatic carbocycles. The number of thiazole rings is 1. The molecule has 7 heteroatoms. The lowest BCUT2D eigenvalue weighted by Gasteiger charge is -2.03. The third-order valence-electron chi connectivity index (χ3n) is 3.62. The number of aromatic nitrogens is 1. The number of hydrogen-bond acceptors (Lipinski definition) is 3. The van der Waals surface area contributed by atoms with Gasteiger partial charge in [0.05, 0.1) is 11.3 Å². The SMILES string of the molecule is Cc1nc(NC(=O)c2cccc(F)c2F)sc1Cc1ccccc1Cl. The maximum atomic E-state index is 13.7. The van der Waals surface area contributed by atoms with Crippen LogP contribution < -0.4 is 5.32 Å². The summed E-state index contributed by atoms with van der Waals surface area (Å²) in [6.07, 6.45) is 0.577. The number of halogens is 3. The van der Waals surface area contributed by atoms with Crippen molar-refractivity contribution < 1.29 is 13.6 Å². The van der Waals surface area contributed by atoms with E-state index in [1.165, 1.54) is 23.5 Å². The Morgan fingerprint density at radius 1 is 1.20 bits per heavy atom. The van der Waals surface area contributed by atoms with Crippen LogP contribution in [0.4, 0.5) is 13.9 Å². The van der Waals surface area contributed by atoms with Crippen LogP contribution in [0.25, 0.3) is 0 Å². The van der Waals surface area contributed by atoms with Gasteiger partial charge in [-0.15, -0.1) is 11.3 Å². The predicted molar refractivity (Wildman–Crippen MR) is 95.4 cm³/mol. The van der Waals surface area contributed by atoms with Crippen molar-refractivity contribution in [3.8, 4) is 0 Å². The Morgan fingerprint density at radius 3 is 2.72 bits per heavy atom. The molecule has 0 radical (unpaired) electrons. The van der Waals surface area contributed by atoms with Gasteiger partial charge in [-0.2, -0.15) is 0 Å². The highest BCUT2D eigenvalue weighted by molar-refractivity contribution is 7.15. The molecule has 128 valence electrons. The smallest absolute Gasteiger partial charge is 0.260 e. The molecule has 0 atom stereocenters. The summed E-state index contributed by atoms with van der Waals surface area (Å²) >= 11 is 7.45. The lowest BCUT2D eigenvalue weighted by Crippen LogP contribution is -2.14. The fourth-order valence-corrected chi connectivity index (χ4v) is 3.49. The standard InChI is InChI=1S/C18H13ClF2N2OS/c1-10-15(9-11-5-2-3-7-13(11)19)25-18(22-10)23-17(24)12-6-4-8-14(20)16(12)21/h2-8H,9H2,1H3,(H,22,23,24). The molecule has 25 heavy (non-hydrogen) atoms. The van der Waals surface area contributed by atoms with Crippen LogP contribution in [-0.2, 0) is 6.42 Å². The molecule has 0 aliphatic carbocycles. The number of benzene rings is 2. The molecule has 0 fully saturated rings. The van der Waals surface area contributed by atoms with Crippen molar-refractivity contribution >= 4 is 34.0 Å². The van der Waals surface area contributed by atoms with Crippen molar-refractivity contribution in [2.75, 3.05) is 5.32 Å². The molecule has 0 bridgehead atoms. The highest BCUT2D eigenvalue weighted by Crippen LogP contribution is 2.28. The molecule has 0 unspecified atom stereocenters. The molecule has 0 aliphatic heterocycles. The molecule has 0 aliphatic rings. The molecule has 3 aromatic rings. The molecule has 0 saturated carbocycles. The molecule has 3 nitrogen and oxygen atoms in total. The summed E-state index contributed by atoms with van der Waals surface area (Å²) in [5, 5.41) is 3.50. The van der Waals surface area contributed by atoms with E-state index >= 15 is 0 Å². The van der Waals surface area contributed by atoms with Crippen LogP contribution >= 0.6 is 22.9 Å². The summed E-state index contributed by atoms with van der Waals surface area (Å²) in [5.74, 6) is -2.98. The monoisotopic (exact) mass is 378 g/mol. The lowest BCUT2D eigenvalue weighted by molar-refractivity contribution is 0.102. The Morgan fingerprint density at radius 2 is 1.96 bits per heavy atom. The van der Waals surface area contributed by atoms with Crippen molar-refractivity contribution in [1.29, 1.82) is 0 Å². The molecule has 1 N–H and O–H groups in total. The van der Waals surface area contributed by atoms with E-state index in [-0.39, 0.29) is 5.56 Å². The van der Waals surface area contributed by atoms with Gasteiger partial charge in [0.15, 0.2) is 16.8 Å². The van der Waals surface area contributed by atoms with Crippen LogP contribution in [0.5, 0.6) is 0 Å². The Labute approximate surface area is 152 Å². The second-order valence-corrected chi connectivity index (χ2v) is 6.84. The first-order valence-corrected chi connectivity index (χ1v) is 8.60. The van der Waals surface area contributed by atoms with Crippen LogP contribution in [0.1, 0.15) is 26.5 Å². The van der Waals surface area contributed by atoms with Crippen LogP contribution in [0.15, 0.2) is 42.5 Å². The first kappa shape index (κ1) is 17.5. The number of rotatable bonds is 4. The number of anilines is 1. The minimum atomic E-state index is -1.18.